The van der Waals surface area contributed by atoms with Gasteiger partial charge in [-0.05, 0) is 18.2 Å². The van der Waals surface area contributed by atoms with E-state index in [-0.39, 0.29) is 6.54 Å². The van der Waals surface area contributed by atoms with E-state index in [9.17, 15) is 14.7 Å². The molecule has 1 atom stereocenters. The summed E-state index contributed by atoms with van der Waals surface area (Å²) in [4.78, 5) is 22.7. The van der Waals surface area contributed by atoms with Gasteiger partial charge in [0, 0.05) is 5.56 Å². The van der Waals surface area contributed by atoms with Crippen molar-refractivity contribution < 1.29 is 24.2 Å². The summed E-state index contributed by atoms with van der Waals surface area (Å²) < 4.78 is 9.29. The maximum absolute atomic E-state index is 11.7. The number of hydrogen-bond donors (Lipinski definition) is 3. The molecule has 0 spiro atoms. The molecular formula is C12H16N2O5. The molecule has 0 aliphatic rings. The summed E-state index contributed by atoms with van der Waals surface area (Å²) >= 11 is 0. The number of anilines is 1. The minimum Gasteiger partial charge on any atom is -0.495 e. The molecule has 19 heavy (non-hydrogen) atoms. The van der Waals surface area contributed by atoms with Crippen LogP contribution in [0, 0.1) is 0 Å². The summed E-state index contributed by atoms with van der Waals surface area (Å²) in [5.74, 6) is -0.807. The highest BCUT2D eigenvalue weighted by atomic mass is 16.5. The lowest BCUT2D eigenvalue weighted by Gasteiger charge is -2.11. The minimum absolute atomic E-state index is 0.239. The normalized spacial score (nSPS) is 11.5. The van der Waals surface area contributed by atoms with Gasteiger partial charge in [-0.15, -0.1) is 0 Å². The van der Waals surface area contributed by atoms with E-state index in [1.54, 1.807) is 6.07 Å². The maximum atomic E-state index is 11.7. The van der Waals surface area contributed by atoms with E-state index in [1.165, 1.54) is 19.2 Å². The van der Waals surface area contributed by atoms with Crippen molar-refractivity contribution in [2.75, 3.05) is 26.5 Å². The van der Waals surface area contributed by atoms with Crippen LogP contribution in [0.2, 0.25) is 0 Å². The van der Waals surface area contributed by atoms with E-state index < -0.39 is 18.0 Å². The fourth-order valence-electron chi connectivity index (χ4n) is 1.39. The van der Waals surface area contributed by atoms with Crippen LogP contribution in [0.25, 0.3) is 0 Å². The summed E-state index contributed by atoms with van der Waals surface area (Å²) in [5.41, 5.74) is 6.29. The number of ether oxygens (including phenoxy) is 2. The molecule has 0 saturated heterocycles. The lowest BCUT2D eigenvalue weighted by molar-refractivity contribution is -0.149. The molecule has 1 unspecified atom stereocenters. The van der Waals surface area contributed by atoms with Gasteiger partial charge in [-0.2, -0.15) is 0 Å². The molecule has 1 amide bonds. The summed E-state index contributed by atoms with van der Waals surface area (Å²) in [7, 11) is 2.62. The monoisotopic (exact) mass is 268 g/mol. The number of amides is 1. The zero-order valence-corrected chi connectivity index (χ0v) is 10.7. The molecule has 0 bridgehead atoms. The standard InChI is InChI=1S/C12H16N2O5/c1-18-10-4-3-7(5-8(10)13)11(16)14-6-9(15)12(17)19-2/h3-5,9,15H,6,13H2,1-2H3,(H,14,16). The number of rotatable bonds is 5. The van der Waals surface area contributed by atoms with Gasteiger partial charge in [0.25, 0.3) is 5.91 Å². The molecule has 0 saturated carbocycles. The van der Waals surface area contributed by atoms with E-state index in [1.807, 2.05) is 0 Å². The highest BCUT2D eigenvalue weighted by molar-refractivity contribution is 5.95. The molecule has 0 radical (unpaired) electrons. The Kier molecular flexibility index (Phi) is 5.13. The van der Waals surface area contributed by atoms with Crippen molar-refractivity contribution in [1.29, 1.82) is 0 Å². The third-order valence-corrected chi connectivity index (χ3v) is 2.42. The molecule has 0 heterocycles. The number of aliphatic hydroxyl groups is 1. The van der Waals surface area contributed by atoms with Crippen LogP contribution in [0.3, 0.4) is 0 Å². The first-order chi connectivity index (χ1) is 8.99. The first kappa shape index (κ1) is 14.8. The van der Waals surface area contributed by atoms with E-state index in [0.717, 1.165) is 7.11 Å². The Labute approximate surface area is 110 Å². The number of carbonyl (C=O) groups is 2. The van der Waals surface area contributed by atoms with Gasteiger partial charge >= 0.3 is 5.97 Å². The molecule has 1 aromatic carbocycles. The zero-order chi connectivity index (χ0) is 14.4. The number of nitrogens with one attached hydrogen (secondary N) is 1. The molecule has 1 aromatic rings. The van der Waals surface area contributed by atoms with Crippen LogP contribution in [0.4, 0.5) is 5.69 Å². The van der Waals surface area contributed by atoms with Crippen LogP contribution in [-0.2, 0) is 9.53 Å². The minimum atomic E-state index is -1.40. The fourth-order valence-corrected chi connectivity index (χ4v) is 1.39. The first-order valence-corrected chi connectivity index (χ1v) is 5.47. The van der Waals surface area contributed by atoms with E-state index in [2.05, 4.69) is 10.1 Å². The summed E-state index contributed by atoms with van der Waals surface area (Å²) in [6, 6.07) is 4.52. The third-order valence-electron chi connectivity index (χ3n) is 2.42. The van der Waals surface area contributed by atoms with Crippen molar-refractivity contribution in [1.82, 2.24) is 5.32 Å². The highest BCUT2D eigenvalue weighted by Gasteiger charge is 2.17. The van der Waals surface area contributed by atoms with Crippen LogP contribution >= 0.6 is 0 Å². The number of carbonyl (C=O) groups excluding carboxylic acids is 2. The van der Waals surface area contributed by atoms with Crippen molar-refractivity contribution in [2.45, 2.75) is 6.10 Å². The highest BCUT2D eigenvalue weighted by Crippen LogP contribution is 2.21. The van der Waals surface area contributed by atoms with Crippen LogP contribution in [-0.4, -0.2) is 43.9 Å². The average Bonchev–Trinajstić information content (AvgIpc) is 2.43. The largest absolute Gasteiger partial charge is 0.495 e. The SMILES string of the molecule is COC(=O)C(O)CNC(=O)c1ccc(OC)c(N)c1. The topological polar surface area (TPSA) is 111 Å². The number of nitrogens with two attached hydrogens (primary N) is 1. The second-order valence-electron chi connectivity index (χ2n) is 3.71. The van der Waals surface area contributed by atoms with Crippen molar-refractivity contribution in [3.8, 4) is 5.75 Å². The smallest absolute Gasteiger partial charge is 0.336 e. The van der Waals surface area contributed by atoms with Crippen LogP contribution in [0.15, 0.2) is 18.2 Å². The predicted molar refractivity (Wildman–Crippen MR) is 67.8 cm³/mol. The molecule has 7 nitrogen and oxygen atoms in total. The number of nitrogen functional groups attached to an aromatic ring is 1. The summed E-state index contributed by atoms with van der Waals surface area (Å²) in [5, 5.41) is 11.7. The Morgan fingerprint density at radius 1 is 1.42 bits per heavy atom. The first-order valence-electron chi connectivity index (χ1n) is 5.47. The summed E-state index contributed by atoms with van der Waals surface area (Å²) in [6.07, 6.45) is -1.40. The second kappa shape index (κ2) is 6.60. The zero-order valence-electron chi connectivity index (χ0n) is 10.7. The lowest BCUT2D eigenvalue weighted by atomic mass is 10.1. The van der Waals surface area contributed by atoms with Gasteiger partial charge in [-0.25, -0.2) is 4.79 Å². The number of methoxy groups -OCH3 is 2. The number of hydrogen-bond acceptors (Lipinski definition) is 6. The Balaban J connectivity index is 2.64. The molecule has 4 N–H and O–H groups in total. The molecule has 0 aliphatic carbocycles. The number of esters is 1. The Bertz CT molecular complexity index is 475. The van der Waals surface area contributed by atoms with Gasteiger partial charge in [-0.1, -0.05) is 0 Å². The lowest BCUT2D eigenvalue weighted by Crippen LogP contribution is -2.37. The van der Waals surface area contributed by atoms with E-state index in [4.69, 9.17) is 10.5 Å². The van der Waals surface area contributed by atoms with Crippen molar-refractivity contribution >= 4 is 17.6 Å². The molecule has 0 fully saturated rings. The van der Waals surface area contributed by atoms with Crippen molar-refractivity contribution in [3.05, 3.63) is 23.8 Å². The number of benzene rings is 1. The molecular weight excluding hydrogens is 252 g/mol. The van der Waals surface area contributed by atoms with Crippen molar-refractivity contribution in [2.24, 2.45) is 0 Å². The fraction of sp³-hybridized carbons (Fsp3) is 0.333. The average molecular weight is 268 g/mol. The quantitative estimate of drug-likeness (QED) is 0.492. The second-order valence-corrected chi connectivity index (χ2v) is 3.71. The Morgan fingerprint density at radius 2 is 2.11 bits per heavy atom. The van der Waals surface area contributed by atoms with Gasteiger partial charge in [-0.3, -0.25) is 4.79 Å². The number of aliphatic hydroxyl groups excluding tert-OH is 1. The molecule has 104 valence electrons. The Hall–Kier alpha value is -2.28. The maximum Gasteiger partial charge on any atom is 0.336 e. The third kappa shape index (κ3) is 3.85. The van der Waals surface area contributed by atoms with Crippen LogP contribution in [0.5, 0.6) is 5.75 Å². The van der Waals surface area contributed by atoms with Crippen LogP contribution < -0.4 is 15.8 Å². The van der Waals surface area contributed by atoms with Gasteiger partial charge < -0.3 is 25.6 Å². The van der Waals surface area contributed by atoms with Gasteiger partial charge in [0.05, 0.1) is 26.5 Å². The molecule has 0 aromatic heterocycles. The molecule has 7 heteroatoms. The van der Waals surface area contributed by atoms with Crippen LogP contribution in [0.1, 0.15) is 10.4 Å². The van der Waals surface area contributed by atoms with Gasteiger partial charge in [0.2, 0.25) is 0 Å². The Morgan fingerprint density at radius 3 is 2.63 bits per heavy atom. The van der Waals surface area contributed by atoms with Crippen molar-refractivity contribution in [3.63, 3.8) is 0 Å². The summed E-state index contributed by atoms with van der Waals surface area (Å²) in [6.45, 7) is -0.239. The molecule has 0 aliphatic heterocycles. The van der Waals surface area contributed by atoms with Gasteiger partial charge in [0.15, 0.2) is 6.10 Å². The molecule has 1 rings (SSSR count). The van der Waals surface area contributed by atoms with Gasteiger partial charge in [0.1, 0.15) is 5.75 Å². The van der Waals surface area contributed by atoms with E-state index in [0.29, 0.717) is 17.0 Å². The predicted octanol–water partition coefficient (Wildman–Crippen LogP) is -0.459. The van der Waals surface area contributed by atoms with E-state index >= 15 is 0 Å².